The number of halogens is 1. The van der Waals surface area contributed by atoms with Crippen LogP contribution in [0.4, 0.5) is 0 Å². The van der Waals surface area contributed by atoms with E-state index in [2.05, 4.69) is 52.8 Å². The number of aryl methyl sites for hydroxylation is 1. The van der Waals surface area contributed by atoms with Gasteiger partial charge in [-0.1, -0.05) is 56.5 Å². The van der Waals surface area contributed by atoms with E-state index in [0.29, 0.717) is 13.3 Å². The molecule has 0 aliphatic carbocycles. The van der Waals surface area contributed by atoms with Gasteiger partial charge in [-0.2, -0.15) is 0 Å². The summed E-state index contributed by atoms with van der Waals surface area (Å²) in [6.07, 6.45) is 6.53. The number of hydrogen-bond acceptors (Lipinski definition) is 2. The number of imidazole rings is 1. The van der Waals surface area contributed by atoms with Crippen LogP contribution in [0.2, 0.25) is 0 Å². The van der Waals surface area contributed by atoms with Crippen molar-refractivity contribution >= 4 is 22.6 Å². The van der Waals surface area contributed by atoms with E-state index in [1.807, 2.05) is 22.8 Å². The van der Waals surface area contributed by atoms with E-state index >= 15 is 0 Å². The molecular weight excluding hydrogens is 358 g/mol. The summed E-state index contributed by atoms with van der Waals surface area (Å²) in [5.41, 5.74) is 1.19. The SMILES string of the molecule is CCCCc1nc(I)[c-]n1COCc1ccccc1.[Li+]. The minimum atomic E-state index is 0. The summed E-state index contributed by atoms with van der Waals surface area (Å²) in [4.78, 5) is 4.49. The fraction of sp³-hybridized carbons (Fsp3) is 0.400. The molecule has 20 heavy (non-hydrogen) atoms. The van der Waals surface area contributed by atoms with Gasteiger partial charge in [0.15, 0.2) is 0 Å². The molecule has 1 aromatic carbocycles. The maximum atomic E-state index is 5.73. The quantitative estimate of drug-likeness (QED) is 0.406. The molecule has 1 heterocycles. The molecule has 0 aliphatic rings. The number of ether oxygens (including phenoxy) is 1. The van der Waals surface area contributed by atoms with Crippen molar-refractivity contribution in [2.45, 2.75) is 39.5 Å². The summed E-state index contributed by atoms with van der Waals surface area (Å²) >= 11 is 2.20. The normalized spacial score (nSPS) is 10.3. The molecule has 0 radical (unpaired) electrons. The van der Waals surface area contributed by atoms with Gasteiger partial charge in [-0.3, -0.25) is 0 Å². The Morgan fingerprint density at radius 3 is 2.75 bits per heavy atom. The van der Waals surface area contributed by atoms with Crippen molar-refractivity contribution in [1.82, 2.24) is 9.55 Å². The largest absolute Gasteiger partial charge is 1.00 e. The third kappa shape index (κ3) is 5.61. The molecule has 3 nitrogen and oxygen atoms in total. The first kappa shape index (κ1) is 17.8. The Morgan fingerprint density at radius 2 is 2.05 bits per heavy atom. The van der Waals surface area contributed by atoms with Gasteiger partial charge in [0, 0.05) is 3.70 Å². The van der Waals surface area contributed by atoms with E-state index in [-0.39, 0.29) is 18.9 Å². The zero-order chi connectivity index (χ0) is 13.5. The zero-order valence-electron chi connectivity index (χ0n) is 12.1. The second-order valence-corrected chi connectivity index (χ2v) is 5.45. The topological polar surface area (TPSA) is 27.1 Å². The Balaban J connectivity index is 0.00000200. The predicted molar refractivity (Wildman–Crippen MR) is 83.6 cm³/mol. The van der Waals surface area contributed by atoms with E-state index in [1.54, 1.807) is 0 Å². The third-order valence-electron chi connectivity index (χ3n) is 2.85. The smallest absolute Gasteiger partial charge is 0.476 e. The van der Waals surface area contributed by atoms with Gasteiger partial charge < -0.3 is 14.3 Å². The van der Waals surface area contributed by atoms with Crippen molar-refractivity contribution in [2.75, 3.05) is 0 Å². The monoisotopic (exact) mass is 376 g/mol. The van der Waals surface area contributed by atoms with Gasteiger partial charge in [0.05, 0.1) is 13.3 Å². The fourth-order valence-corrected chi connectivity index (χ4v) is 2.41. The second kappa shape index (κ2) is 9.62. The molecule has 0 amide bonds. The van der Waals surface area contributed by atoms with Crippen molar-refractivity contribution in [3.05, 3.63) is 51.6 Å². The summed E-state index contributed by atoms with van der Waals surface area (Å²) in [6.45, 7) is 3.33. The summed E-state index contributed by atoms with van der Waals surface area (Å²) in [7, 11) is 0. The van der Waals surface area contributed by atoms with Crippen LogP contribution in [0.5, 0.6) is 0 Å². The molecule has 0 aliphatic heterocycles. The van der Waals surface area contributed by atoms with E-state index < -0.39 is 0 Å². The van der Waals surface area contributed by atoms with Gasteiger partial charge in [0.1, 0.15) is 0 Å². The Hall–Kier alpha value is -0.283. The summed E-state index contributed by atoms with van der Waals surface area (Å²) in [5, 5.41) is 0. The molecule has 2 aromatic rings. The molecule has 0 fully saturated rings. The van der Waals surface area contributed by atoms with Crippen LogP contribution in [-0.4, -0.2) is 9.55 Å². The Morgan fingerprint density at radius 1 is 1.30 bits per heavy atom. The molecule has 0 saturated carbocycles. The van der Waals surface area contributed by atoms with Crippen LogP contribution >= 0.6 is 22.6 Å². The first-order valence-electron chi connectivity index (χ1n) is 6.55. The number of rotatable bonds is 7. The molecular formula is C15H18ILiN2O. The molecule has 0 saturated heterocycles. The van der Waals surface area contributed by atoms with Gasteiger partial charge in [0.25, 0.3) is 0 Å². The van der Waals surface area contributed by atoms with Crippen LogP contribution in [-0.2, 0) is 24.5 Å². The molecule has 5 heteroatoms. The molecule has 1 aromatic heterocycles. The number of nitrogens with zero attached hydrogens (tertiary/aromatic N) is 2. The summed E-state index contributed by atoms with van der Waals surface area (Å²) in [6, 6.07) is 10.2. The van der Waals surface area contributed by atoms with Gasteiger partial charge in [-0.05, 0) is 34.0 Å². The summed E-state index contributed by atoms with van der Waals surface area (Å²) in [5.74, 6) is 1.07. The fourth-order valence-electron chi connectivity index (χ4n) is 1.84. The van der Waals surface area contributed by atoms with Crippen LogP contribution in [0.1, 0.15) is 31.2 Å². The minimum absolute atomic E-state index is 0. The van der Waals surface area contributed by atoms with Crippen LogP contribution in [0.15, 0.2) is 30.3 Å². The van der Waals surface area contributed by atoms with E-state index in [4.69, 9.17) is 4.74 Å². The number of hydrogen-bond donors (Lipinski definition) is 0. The van der Waals surface area contributed by atoms with Crippen LogP contribution in [0.3, 0.4) is 0 Å². The van der Waals surface area contributed by atoms with E-state index in [9.17, 15) is 0 Å². The molecule has 0 unspecified atom stereocenters. The zero-order valence-corrected chi connectivity index (χ0v) is 14.3. The van der Waals surface area contributed by atoms with Gasteiger partial charge in [-0.25, -0.2) is 0 Å². The predicted octanol–water partition coefficient (Wildman–Crippen LogP) is 0.809. The Kier molecular flexibility index (Phi) is 8.54. The molecule has 2 rings (SSSR count). The minimum Gasteiger partial charge on any atom is -0.476 e. The van der Waals surface area contributed by atoms with Gasteiger partial charge >= 0.3 is 18.9 Å². The molecule has 0 N–H and O–H groups in total. The molecule has 0 atom stereocenters. The van der Waals surface area contributed by atoms with Crippen molar-refractivity contribution in [3.63, 3.8) is 0 Å². The van der Waals surface area contributed by atoms with Crippen LogP contribution < -0.4 is 18.9 Å². The molecule has 0 spiro atoms. The van der Waals surface area contributed by atoms with Crippen molar-refractivity contribution in [2.24, 2.45) is 0 Å². The number of benzene rings is 1. The first-order chi connectivity index (χ1) is 9.29. The maximum absolute atomic E-state index is 5.73. The Labute approximate surface area is 146 Å². The van der Waals surface area contributed by atoms with E-state index in [0.717, 1.165) is 22.4 Å². The van der Waals surface area contributed by atoms with Crippen molar-refractivity contribution in [1.29, 1.82) is 0 Å². The standard InChI is InChI=1S/C15H18IN2O.Li/c1-2-3-9-15-17-14(16)10-18(15)12-19-11-13-7-5-4-6-8-13;/h4-8H,2-3,9,11-12H2,1H3;/q-1;+1. The van der Waals surface area contributed by atoms with Gasteiger partial charge in [0.2, 0.25) is 0 Å². The second-order valence-electron chi connectivity index (χ2n) is 4.43. The van der Waals surface area contributed by atoms with Crippen molar-refractivity contribution < 1.29 is 23.6 Å². The molecule has 0 bridgehead atoms. The summed E-state index contributed by atoms with van der Waals surface area (Å²) < 4.78 is 8.62. The van der Waals surface area contributed by atoms with Crippen LogP contribution in [0, 0.1) is 9.90 Å². The van der Waals surface area contributed by atoms with Crippen molar-refractivity contribution in [3.8, 4) is 0 Å². The van der Waals surface area contributed by atoms with Crippen LogP contribution in [0.25, 0.3) is 0 Å². The van der Waals surface area contributed by atoms with Gasteiger partial charge in [-0.15, -0.1) is 6.20 Å². The van der Waals surface area contributed by atoms with E-state index in [1.165, 1.54) is 12.0 Å². The third-order valence-corrected chi connectivity index (χ3v) is 3.33. The average Bonchev–Trinajstić information content (AvgIpc) is 2.78. The molecule has 102 valence electrons. The first-order valence-corrected chi connectivity index (χ1v) is 7.63. The maximum Gasteiger partial charge on any atom is 1.00 e. The Bertz CT molecular complexity index is 502. The average molecular weight is 376 g/mol. The number of aromatic nitrogens is 2. The number of unbranched alkanes of at least 4 members (excludes halogenated alkanes) is 1.